The topological polar surface area (TPSA) is 75.4 Å². The number of aldehydes is 1. The van der Waals surface area contributed by atoms with Crippen molar-refractivity contribution in [2.24, 2.45) is 5.73 Å². The number of carbonyl (C=O) groups excluding carboxylic acids is 2. The molecule has 1 aliphatic rings. The van der Waals surface area contributed by atoms with Gasteiger partial charge in [-0.25, -0.2) is 0 Å². The minimum atomic E-state index is -0.523. The van der Waals surface area contributed by atoms with E-state index in [9.17, 15) is 9.59 Å². The monoisotopic (exact) mass is 309 g/mol. The zero-order valence-corrected chi connectivity index (χ0v) is 12.6. The number of piperazine rings is 1. The molecule has 2 rings (SSSR count). The van der Waals surface area contributed by atoms with Crippen molar-refractivity contribution in [3.63, 3.8) is 0 Å². The van der Waals surface area contributed by atoms with Gasteiger partial charge in [-0.2, -0.15) is 0 Å². The molecule has 0 bridgehead atoms. The van der Waals surface area contributed by atoms with Crippen LogP contribution in [0.2, 0.25) is 5.02 Å². The molecule has 1 unspecified atom stereocenters. The molecule has 0 aromatic heterocycles. The average Bonchev–Trinajstić information content (AvgIpc) is 2.49. The number of nitrogens with two attached hydrogens (primary N) is 1. The van der Waals surface area contributed by atoms with Crippen molar-refractivity contribution in [2.45, 2.75) is 18.8 Å². The molecular formula is C15H20ClN3O2. The van der Waals surface area contributed by atoms with Gasteiger partial charge in [0.1, 0.15) is 6.29 Å². The van der Waals surface area contributed by atoms with Crippen molar-refractivity contribution in [3.8, 4) is 0 Å². The molecule has 1 aliphatic heterocycles. The van der Waals surface area contributed by atoms with Gasteiger partial charge in [0.15, 0.2) is 0 Å². The molecule has 1 aromatic carbocycles. The predicted molar refractivity (Wildman–Crippen MR) is 83.8 cm³/mol. The third-order valence-corrected chi connectivity index (χ3v) is 4.17. The first-order chi connectivity index (χ1) is 10.1. The van der Waals surface area contributed by atoms with Crippen LogP contribution in [0.4, 0.5) is 5.69 Å². The lowest BCUT2D eigenvalue weighted by atomic mass is 9.93. The smallest absolute Gasteiger partial charge is 0.225 e. The van der Waals surface area contributed by atoms with Gasteiger partial charge in [0.05, 0.1) is 16.6 Å². The summed E-state index contributed by atoms with van der Waals surface area (Å²) in [4.78, 5) is 24.4. The summed E-state index contributed by atoms with van der Waals surface area (Å²) in [6.07, 6.45) is 1.48. The molecule has 21 heavy (non-hydrogen) atoms. The third kappa shape index (κ3) is 3.74. The minimum absolute atomic E-state index is 0.293. The van der Waals surface area contributed by atoms with E-state index in [1.165, 1.54) is 0 Å². The Morgan fingerprint density at radius 1 is 1.43 bits per heavy atom. The van der Waals surface area contributed by atoms with Gasteiger partial charge in [-0.3, -0.25) is 4.79 Å². The normalized spacial score (nSPS) is 16.5. The Bertz CT molecular complexity index is 516. The molecule has 1 saturated heterocycles. The molecule has 114 valence electrons. The number of carbonyl (C=O) groups is 2. The first-order valence-electron chi connectivity index (χ1n) is 7.12. The van der Waals surface area contributed by atoms with E-state index in [1.54, 1.807) is 0 Å². The third-order valence-electron chi connectivity index (χ3n) is 3.76. The van der Waals surface area contributed by atoms with E-state index in [0.29, 0.717) is 23.4 Å². The number of rotatable bonds is 6. The van der Waals surface area contributed by atoms with Crippen molar-refractivity contribution in [2.75, 3.05) is 31.1 Å². The lowest BCUT2D eigenvalue weighted by Gasteiger charge is -2.31. The SMILES string of the molecule is NC(=O)C(CCC=O)c1cccc(N2CCNCC2)c1Cl. The highest BCUT2D eigenvalue weighted by Crippen LogP contribution is 2.35. The summed E-state index contributed by atoms with van der Waals surface area (Å²) in [6.45, 7) is 3.56. The molecule has 0 aliphatic carbocycles. The maximum atomic E-state index is 11.7. The van der Waals surface area contributed by atoms with Gasteiger partial charge in [0, 0.05) is 32.6 Å². The quantitative estimate of drug-likeness (QED) is 0.777. The second-order valence-electron chi connectivity index (χ2n) is 5.12. The molecule has 0 radical (unpaired) electrons. The summed E-state index contributed by atoms with van der Waals surface area (Å²) in [7, 11) is 0. The number of hydrogen-bond acceptors (Lipinski definition) is 4. The Morgan fingerprint density at radius 3 is 2.76 bits per heavy atom. The highest BCUT2D eigenvalue weighted by molar-refractivity contribution is 6.34. The molecule has 0 spiro atoms. The van der Waals surface area contributed by atoms with Gasteiger partial charge in [-0.05, 0) is 18.1 Å². The van der Waals surface area contributed by atoms with E-state index in [-0.39, 0.29) is 0 Å². The van der Waals surface area contributed by atoms with Gasteiger partial charge >= 0.3 is 0 Å². The Balaban J connectivity index is 2.30. The van der Waals surface area contributed by atoms with Crippen LogP contribution in [0.3, 0.4) is 0 Å². The number of nitrogens with one attached hydrogen (secondary N) is 1. The summed E-state index contributed by atoms with van der Waals surface area (Å²) in [5.41, 5.74) is 7.10. The van der Waals surface area contributed by atoms with Crippen molar-refractivity contribution in [3.05, 3.63) is 28.8 Å². The van der Waals surface area contributed by atoms with E-state index in [0.717, 1.165) is 38.2 Å². The lowest BCUT2D eigenvalue weighted by molar-refractivity contribution is -0.119. The van der Waals surface area contributed by atoms with E-state index in [4.69, 9.17) is 17.3 Å². The van der Waals surface area contributed by atoms with Crippen LogP contribution in [-0.2, 0) is 9.59 Å². The first-order valence-corrected chi connectivity index (χ1v) is 7.50. The Kier molecular flexibility index (Phi) is 5.59. The fraction of sp³-hybridized carbons (Fsp3) is 0.467. The molecule has 3 N–H and O–H groups in total. The van der Waals surface area contributed by atoms with E-state index >= 15 is 0 Å². The summed E-state index contributed by atoms with van der Waals surface area (Å²) in [5.74, 6) is -0.971. The zero-order chi connectivity index (χ0) is 15.2. The Labute approximate surface area is 129 Å². The molecule has 1 atom stereocenters. The number of amides is 1. The number of hydrogen-bond donors (Lipinski definition) is 2. The fourth-order valence-electron chi connectivity index (χ4n) is 2.64. The van der Waals surface area contributed by atoms with Crippen LogP contribution in [0.25, 0.3) is 0 Å². The van der Waals surface area contributed by atoms with E-state index < -0.39 is 11.8 Å². The molecule has 1 heterocycles. The van der Waals surface area contributed by atoms with Crippen LogP contribution in [0, 0.1) is 0 Å². The Morgan fingerprint density at radius 2 is 2.14 bits per heavy atom. The lowest BCUT2D eigenvalue weighted by Crippen LogP contribution is -2.43. The highest BCUT2D eigenvalue weighted by atomic mass is 35.5. The molecule has 6 heteroatoms. The Hall–Kier alpha value is -1.59. The molecule has 1 fully saturated rings. The van der Waals surface area contributed by atoms with Gasteiger partial charge in [-0.15, -0.1) is 0 Å². The van der Waals surface area contributed by atoms with Crippen LogP contribution in [0.15, 0.2) is 18.2 Å². The second-order valence-corrected chi connectivity index (χ2v) is 5.49. The largest absolute Gasteiger partial charge is 0.369 e. The average molecular weight is 310 g/mol. The molecule has 5 nitrogen and oxygen atoms in total. The van der Waals surface area contributed by atoms with E-state index in [1.807, 2.05) is 18.2 Å². The van der Waals surface area contributed by atoms with Crippen LogP contribution >= 0.6 is 11.6 Å². The zero-order valence-electron chi connectivity index (χ0n) is 11.8. The van der Waals surface area contributed by atoms with Crippen molar-refractivity contribution < 1.29 is 9.59 Å². The number of benzene rings is 1. The van der Waals surface area contributed by atoms with Crippen molar-refractivity contribution >= 4 is 29.5 Å². The number of halogens is 1. The summed E-state index contributed by atoms with van der Waals surface area (Å²) in [6, 6.07) is 5.65. The standard InChI is InChI=1S/C15H20ClN3O2/c16-14-11(12(15(17)21)4-2-10-20)3-1-5-13(14)19-8-6-18-7-9-19/h1,3,5,10,12,18H,2,4,6-9H2,(H2,17,21). The summed E-state index contributed by atoms with van der Waals surface area (Å²) >= 11 is 6.50. The van der Waals surface area contributed by atoms with Crippen LogP contribution in [-0.4, -0.2) is 38.4 Å². The number of primary amides is 1. The maximum absolute atomic E-state index is 11.7. The maximum Gasteiger partial charge on any atom is 0.225 e. The molecule has 1 aromatic rings. The minimum Gasteiger partial charge on any atom is -0.369 e. The number of anilines is 1. The van der Waals surface area contributed by atoms with Crippen molar-refractivity contribution in [1.82, 2.24) is 5.32 Å². The molecule has 0 saturated carbocycles. The van der Waals surface area contributed by atoms with Gasteiger partial charge in [0.2, 0.25) is 5.91 Å². The van der Waals surface area contributed by atoms with Crippen molar-refractivity contribution in [1.29, 1.82) is 0 Å². The van der Waals surface area contributed by atoms with E-state index in [2.05, 4.69) is 10.2 Å². The molecular weight excluding hydrogens is 290 g/mol. The van der Waals surface area contributed by atoms with Gasteiger partial charge in [0.25, 0.3) is 0 Å². The summed E-state index contributed by atoms with van der Waals surface area (Å²) < 4.78 is 0. The fourth-order valence-corrected chi connectivity index (χ4v) is 3.02. The first kappa shape index (κ1) is 15.8. The number of nitrogens with zero attached hydrogens (tertiary/aromatic N) is 1. The van der Waals surface area contributed by atoms with Gasteiger partial charge < -0.3 is 20.7 Å². The summed E-state index contributed by atoms with van der Waals surface area (Å²) in [5, 5.41) is 3.85. The highest BCUT2D eigenvalue weighted by Gasteiger charge is 2.23. The van der Waals surface area contributed by atoms with Crippen LogP contribution in [0.1, 0.15) is 24.3 Å². The molecule has 1 amide bonds. The second kappa shape index (κ2) is 7.43. The van der Waals surface area contributed by atoms with Gasteiger partial charge in [-0.1, -0.05) is 23.7 Å². The van der Waals surface area contributed by atoms with Crippen LogP contribution < -0.4 is 16.0 Å². The van der Waals surface area contributed by atoms with Crippen LogP contribution in [0.5, 0.6) is 0 Å². The predicted octanol–water partition coefficient (Wildman–Crippen LogP) is 1.30.